The van der Waals surface area contributed by atoms with Gasteiger partial charge >= 0.3 is 0 Å². The van der Waals surface area contributed by atoms with Crippen LogP contribution in [0, 0.1) is 12.8 Å². The molecule has 0 radical (unpaired) electrons. The molecule has 1 unspecified atom stereocenters. The van der Waals surface area contributed by atoms with Crippen LogP contribution < -0.4 is 4.90 Å². The number of hydrogen-bond acceptors (Lipinski definition) is 4. The van der Waals surface area contributed by atoms with Crippen molar-refractivity contribution < 1.29 is 0 Å². The summed E-state index contributed by atoms with van der Waals surface area (Å²) in [6, 6.07) is 2.21. The Morgan fingerprint density at radius 1 is 1.30 bits per heavy atom. The van der Waals surface area contributed by atoms with Crippen LogP contribution in [0.15, 0.2) is 29.1 Å². The Morgan fingerprint density at radius 3 is 2.89 bits per heavy atom. The second-order valence-electron chi connectivity index (χ2n) is 7.57. The Labute approximate surface area is 172 Å². The summed E-state index contributed by atoms with van der Waals surface area (Å²) in [5, 5.41) is 7.66. The lowest BCUT2D eigenvalue weighted by molar-refractivity contribution is 0.481. The average Bonchev–Trinajstić information content (AvgIpc) is 3.19. The lowest BCUT2D eigenvalue weighted by Crippen LogP contribution is -2.24. The zero-order valence-corrected chi connectivity index (χ0v) is 18.1. The Hall–Kier alpha value is -1.66. The molecule has 0 aliphatic carbocycles. The van der Waals surface area contributed by atoms with Crippen LogP contribution in [0.25, 0.3) is 10.8 Å². The fraction of sp³-hybridized carbons (Fsp3) is 0.450. The summed E-state index contributed by atoms with van der Waals surface area (Å²) >= 11 is 10.4. The molecule has 0 bridgehead atoms. The summed E-state index contributed by atoms with van der Waals surface area (Å²) in [7, 11) is 0. The highest BCUT2D eigenvalue weighted by atomic mass is 79.9. The van der Waals surface area contributed by atoms with E-state index < -0.39 is 0 Å². The fourth-order valence-electron chi connectivity index (χ4n) is 4.01. The summed E-state index contributed by atoms with van der Waals surface area (Å²) in [5.74, 6) is 1.47. The molecular weight excluding hydrogens is 426 g/mol. The molecule has 7 heteroatoms. The lowest BCUT2D eigenvalue weighted by atomic mass is 10.1. The largest absolute Gasteiger partial charge is 0.349 e. The summed E-state index contributed by atoms with van der Waals surface area (Å²) < 4.78 is 2.93. The van der Waals surface area contributed by atoms with Crippen molar-refractivity contribution in [2.75, 3.05) is 11.4 Å². The van der Waals surface area contributed by atoms with Gasteiger partial charge in [-0.3, -0.25) is 9.67 Å². The van der Waals surface area contributed by atoms with E-state index in [9.17, 15) is 0 Å². The molecule has 3 aromatic heterocycles. The van der Waals surface area contributed by atoms with E-state index in [1.165, 1.54) is 0 Å². The maximum atomic E-state index is 6.78. The third kappa shape index (κ3) is 3.34. The van der Waals surface area contributed by atoms with E-state index in [0.717, 1.165) is 63.4 Å². The van der Waals surface area contributed by atoms with E-state index in [1.807, 2.05) is 29.3 Å². The summed E-state index contributed by atoms with van der Waals surface area (Å²) in [5.41, 5.74) is 2.15. The van der Waals surface area contributed by atoms with Crippen LogP contribution in [0.1, 0.15) is 44.0 Å². The molecule has 4 rings (SSSR count). The third-order valence-corrected chi connectivity index (χ3v) is 6.15. The molecule has 0 saturated carbocycles. The van der Waals surface area contributed by atoms with Crippen LogP contribution in [-0.4, -0.2) is 26.3 Å². The topological polar surface area (TPSA) is 46.8 Å². The fourth-order valence-corrected chi connectivity index (χ4v) is 4.84. The van der Waals surface area contributed by atoms with Crippen LogP contribution in [0.2, 0.25) is 5.15 Å². The standard InChI is InChI=1S/C20H23BrClN5/c1-12(2)11-27-19(22)18(13(3)25-27)17-5-4-8-26(17)20-15-9-23-10-16(21)14(15)6-7-24-20/h6-7,9-10,12,17H,4-5,8,11H2,1-3H3. The number of fused-ring (bicyclic) bond motifs is 1. The molecule has 27 heavy (non-hydrogen) atoms. The Morgan fingerprint density at radius 2 is 2.11 bits per heavy atom. The maximum Gasteiger partial charge on any atom is 0.138 e. The van der Waals surface area contributed by atoms with Crippen molar-refractivity contribution in [3.63, 3.8) is 0 Å². The van der Waals surface area contributed by atoms with E-state index in [0.29, 0.717) is 5.92 Å². The van der Waals surface area contributed by atoms with Gasteiger partial charge in [0.15, 0.2) is 0 Å². The van der Waals surface area contributed by atoms with Crippen LogP contribution in [-0.2, 0) is 6.54 Å². The van der Waals surface area contributed by atoms with Gasteiger partial charge in [-0.25, -0.2) is 4.98 Å². The monoisotopic (exact) mass is 447 g/mol. The summed E-state index contributed by atoms with van der Waals surface area (Å²) in [6.07, 6.45) is 7.75. The summed E-state index contributed by atoms with van der Waals surface area (Å²) in [6.45, 7) is 8.20. The van der Waals surface area contributed by atoms with Gasteiger partial charge in [-0.1, -0.05) is 25.4 Å². The predicted octanol–water partition coefficient (Wildman–Crippen LogP) is 5.55. The molecule has 0 N–H and O–H groups in total. The van der Waals surface area contributed by atoms with Gasteiger partial charge < -0.3 is 4.90 Å². The molecule has 1 aliphatic heterocycles. The third-order valence-electron chi connectivity index (χ3n) is 5.12. The van der Waals surface area contributed by atoms with Gasteiger partial charge in [0.05, 0.1) is 11.7 Å². The lowest BCUT2D eigenvalue weighted by Gasteiger charge is -2.27. The van der Waals surface area contributed by atoms with Gasteiger partial charge in [0.1, 0.15) is 11.0 Å². The van der Waals surface area contributed by atoms with E-state index in [4.69, 9.17) is 21.7 Å². The van der Waals surface area contributed by atoms with Crippen LogP contribution in [0.3, 0.4) is 0 Å². The van der Waals surface area contributed by atoms with Crippen molar-refractivity contribution >= 4 is 44.1 Å². The maximum absolute atomic E-state index is 6.78. The molecule has 3 aromatic rings. The molecule has 1 aliphatic rings. The van der Waals surface area contributed by atoms with Crippen molar-refractivity contribution in [2.45, 2.75) is 46.2 Å². The molecule has 4 heterocycles. The second kappa shape index (κ2) is 7.40. The minimum absolute atomic E-state index is 0.190. The molecule has 0 aromatic carbocycles. The van der Waals surface area contributed by atoms with Crippen LogP contribution >= 0.6 is 27.5 Å². The van der Waals surface area contributed by atoms with Crippen molar-refractivity contribution in [3.05, 3.63) is 45.5 Å². The van der Waals surface area contributed by atoms with E-state index in [1.54, 1.807) is 0 Å². The van der Waals surface area contributed by atoms with Crippen molar-refractivity contribution in [3.8, 4) is 0 Å². The molecule has 1 atom stereocenters. The first-order valence-electron chi connectivity index (χ1n) is 9.35. The van der Waals surface area contributed by atoms with Gasteiger partial charge in [-0.15, -0.1) is 0 Å². The number of pyridine rings is 2. The highest BCUT2D eigenvalue weighted by molar-refractivity contribution is 9.10. The number of hydrogen-bond donors (Lipinski definition) is 0. The second-order valence-corrected chi connectivity index (χ2v) is 8.78. The highest BCUT2D eigenvalue weighted by Crippen LogP contribution is 2.42. The van der Waals surface area contributed by atoms with Gasteiger partial charge in [0, 0.05) is 52.5 Å². The van der Waals surface area contributed by atoms with Gasteiger partial charge in [0.25, 0.3) is 0 Å². The number of aryl methyl sites for hydroxylation is 1. The normalized spacial score (nSPS) is 17.4. The SMILES string of the molecule is Cc1nn(CC(C)C)c(Cl)c1C1CCCN1c1nccc2c(Br)cncc12. The van der Waals surface area contributed by atoms with E-state index in [2.05, 4.69) is 46.6 Å². The predicted molar refractivity (Wildman–Crippen MR) is 113 cm³/mol. The molecule has 1 fully saturated rings. The molecule has 0 spiro atoms. The summed E-state index contributed by atoms with van der Waals surface area (Å²) in [4.78, 5) is 11.4. The van der Waals surface area contributed by atoms with E-state index >= 15 is 0 Å². The molecule has 1 saturated heterocycles. The van der Waals surface area contributed by atoms with Gasteiger partial charge in [-0.05, 0) is 47.7 Å². The van der Waals surface area contributed by atoms with Gasteiger partial charge in [0.2, 0.25) is 0 Å². The number of anilines is 1. The Bertz CT molecular complexity index is 984. The molecule has 0 amide bonds. The molecule has 5 nitrogen and oxygen atoms in total. The minimum atomic E-state index is 0.190. The van der Waals surface area contributed by atoms with Crippen LogP contribution in [0.5, 0.6) is 0 Å². The zero-order valence-electron chi connectivity index (χ0n) is 15.8. The minimum Gasteiger partial charge on any atom is -0.349 e. The smallest absolute Gasteiger partial charge is 0.138 e. The highest BCUT2D eigenvalue weighted by Gasteiger charge is 2.33. The average molecular weight is 449 g/mol. The Kier molecular flexibility index (Phi) is 5.12. The van der Waals surface area contributed by atoms with Crippen molar-refractivity contribution in [1.82, 2.24) is 19.7 Å². The van der Waals surface area contributed by atoms with Crippen molar-refractivity contribution in [2.24, 2.45) is 5.92 Å². The first-order chi connectivity index (χ1) is 13.0. The Balaban J connectivity index is 1.79. The molecule has 142 valence electrons. The van der Waals surface area contributed by atoms with Gasteiger partial charge in [-0.2, -0.15) is 5.10 Å². The first kappa shape index (κ1) is 18.7. The van der Waals surface area contributed by atoms with Crippen LogP contribution in [0.4, 0.5) is 5.82 Å². The number of nitrogens with zero attached hydrogens (tertiary/aromatic N) is 5. The zero-order chi connectivity index (χ0) is 19.1. The number of halogens is 2. The van der Waals surface area contributed by atoms with Crippen molar-refractivity contribution in [1.29, 1.82) is 0 Å². The quantitative estimate of drug-likeness (QED) is 0.525. The molecular formula is C20H23BrClN5. The van der Waals surface area contributed by atoms with E-state index in [-0.39, 0.29) is 6.04 Å². The number of rotatable bonds is 4. The number of aromatic nitrogens is 4. The first-order valence-corrected chi connectivity index (χ1v) is 10.5.